The molecule has 0 saturated carbocycles. The summed E-state index contributed by atoms with van der Waals surface area (Å²) in [5, 5.41) is 11.3. The standard InChI is InChI=1S/C3H14N5O2Si3/c4-3(5,6)1-2-13(7,8)10-12-9-11/h1-2,4-8H2. The van der Waals surface area contributed by atoms with Crippen molar-refractivity contribution in [1.82, 2.24) is 0 Å². The molecule has 0 aromatic carbocycles. The predicted octanol–water partition coefficient (Wildman–Crippen LogP) is -3.59. The fourth-order valence-electron chi connectivity index (χ4n) is 0.561. The van der Waals surface area contributed by atoms with Gasteiger partial charge >= 0.3 is 18.6 Å². The van der Waals surface area contributed by atoms with Gasteiger partial charge in [0.25, 0.3) is 0 Å². The number of rotatable bonds is 6. The second-order valence-electron chi connectivity index (χ2n) is 2.85. The molecule has 0 saturated heterocycles. The van der Waals surface area contributed by atoms with E-state index in [1.54, 1.807) is 0 Å². The van der Waals surface area contributed by atoms with Crippen LogP contribution in [-0.4, -0.2) is 34.9 Å². The summed E-state index contributed by atoms with van der Waals surface area (Å²) in [4.78, 5) is 0. The highest BCUT2D eigenvalue weighted by atomic mass is 28.4. The second kappa shape index (κ2) is 5.30. The zero-order chi connectivity index (χ0) is 10.5. The van der Waals surface area contributed by atoms with Crippen LogP contribution in [0.25, 0.3) is 0 Å². The van der Waals surface area contributed by atoms with E-state index in [2.05, 4.69) is 14.6 Å². The monoisotopic (exact) mass is 236 g/mol. The molecule has 0 heterocycles. The van der Waals surface area contributed by atoms with Crippen LogP contribution in [0.15, 0.2) is 0 Å². The van der Waals surface area contributed by atoms with E-state index in [-0.39, 0.29) is 10.0 Å². The fraction of sp³-hybridized carbons (Fsp3) is 1.00. The molecule has 10 heteroatoms. The smallest absolute Gasteiger partial charge is 0.411 e. The Balaban J connectivity index is 3.75. The Hall–Kier alpha value is 0.371. The molecule has 0 unspecified atom stereocenters. The van der Waals surface area contributed by atoms with Crippen LogP contribution in [0.5, 0.6) is 0 Å². The van der Waals surface area contributed by atoms with E-state index in [1.165, 1.54) is 0 Å². The maximum Gasteiger partial charge on any atom is 0.411 e. The lowest BCUT2D eigenvalue weighted by atomic mass is 10.3. The zero-order valence-corrected chi connectivity index (χ0v) is 10.1. The molecule has 0 rings (SSSR count). The van der Waals surface area contributed by atoms with Gasteiger partial charge < -0.3 is 36.2 Å². The van der Waals surface area contributed by atoms with Crippen molar-refractivity contribution in [3.63, 3.8) is 0 Å². The Morgan fingerprint density at radius 3 is 2.23 bits per heavy atom. The van der Waals surface area contributed by atoms with Crippen LogP contribution in [0.1, 0.15) is 6.42 Å². The van der Waals surface area contributed by atoms with E-state index in [4.69, 9.17) is 32.1 Å². The van der Waals surface area contributed by atoms with E-state index in [0.717, 1.165) is 0 Å². The van der Waals surface area contributed by atoms with Gasteiger partial charge in [0.05, 0.1) is 0 Å². The molecule has 10 N–H and O–H groups in total. The van der Waals surface area contributed by atoms with Gasteiger partial charge in [0.2, 0.25) is 10.5 Å². The molecule has 0 fully saturated rings. The van der Waals surface area contributed by atoms with Gasteiger partial charge in [-0.2, -0.15) is 0 Å². The fourth-order valence-corrected chi connectivity index (χ4v) is 2.96. The molecule has 75 valence electrons. The van der Waals surface area contributed by atoms with Crippen molar-refractivity contribution in [2.75, 3.05) is 0 Å². The molecule has 0 amide bonds. The van der Waals surface area contributed by atoms with Crippen molar-refractivity contribution in [2.24, 2.45) is 28.0 Å². The molecule has 7 nitrogen and oxygen atoms in total. The van der Waals surface area contributed by atoms with E-state index in [0.29, 0.717) is 12.5 Å². The Morgan fingerprint density at radius 1 is 1.31 bits per heavy atom. The summed E-state index contributed by atoms with van der Waals surface area (Å²) >= 11 is 0. The predicted molar refractivity (Wildman–Crippen MR) is 52.5 cm³/mol. The first-order valence-electron chi connectivity index (χ1n) is 3.47. The summed E-state index contributed by atoms with van der Waals surface area (Å²) in [6.07, 6.45) is 0.304. The highest BCUT2D eigenvalue weighted by Gasteiger charge is 2.28. The van der Waals surface area contributed by atoms with Crippen LogP contribution >= 0.6 is 0 Å². The average molecular weight is 236 g/mol. The van der Waals surface area contributed by atoms with Gasteiger partial charge in [-0.1, -0.05) is 0 Å². The van der Waals surface area contributed by atoms with Crippen LogP contribution in [0.4, 0.5) is 0 Å². The minimum atomic E-state index is -2.72. The van der Waals surface area contributed by atoms with Gasteiger partial charge in [0, 0.05) is 0 Å². The summed E-state index contributed by atoms with van der Waals surface area (Å²) in [6.45, 7) is 0. The molecule has 5 radical (unpaired) electrons. The van der Waals surface area contributed by atoms with Gasteiger partial charge in [-0.3, -0.25) is 0 Å². The third-order valence-corrected chi connectivity index (χ3v) is 4.44. The first-order chi connectivity index (χ1) is 5.77. The summed E-state index contributed by atoms with van der Waals surface area (Å²) in [7, 11) is -0.193. The highest BCUT2D eigenvalue weighted by Crippen LogP contribution is 2.04. The second-order valence-corrected chi connectivity index (χ2v) is 7.06. The summed E-state index contributed by atoms with van der Waals surface area (Å²) in [5.74, 6) is -1.25. The lowest BCUT2D eigenvalue weighted by molar-refractivity contribution is 0.419. The van der Waals surface area contributed by atoms with Crippen molar-refractivity contribution >= 4 is 29.1 Å². The number of hydrogen-bond acceptors (Lipinski definition) is 7. The Labute approximate surface area is 84.2 Å². The van der Waals surface area contributed by atoms with E-state index < -0.39 is 14.4 Å². The molecule has 0 aliphatic rings. The van der Waals surface area contributed by atoms with Gasteiger partial charge in [-0.15, -0.1) is 0 Å². The minimum absolute atomic E-state index is 0.238. The SMILES string of the molecule is NC(N)(N)CC[Si](N)(N)O[Si]O[Si]. The molecule has 0 spiro atoms. The topological polar surface area (TPSA) is 149 Å². The quantitative estimate of drug-likeness (QED) is 0.236. The van der Waals surface area contributed by atoms with Gasteiger partial charge in [0.15, 0.2) is 0 Å². The van der Waals surface area contributed by atoms with Crippen molar-refractivity contribution < 1.29 is 8.23 Å². The highest BCUT2D eigenvalue weighted by molar-refractivity contribution is 6.71. The van der Waals surface area contributed by atoms with Crippen LogP contribution in [0.2, 0.25) is 6.04 Å². The van der Waals surface area contributed by atoms with Gasteiger partial charge in [-0.05, 0) is 12.5 Å². The van der Waals surface area contributed by atoms with Crippen LogP contribution in [-0.2, 0) is 8.23 Å². The van der Waals surface area contributed by atoms with Gasteiger partial charge in [-0.25, -0.2) is 0 Å². The molecule has 0 bridgehead atoms. The Morgan fingerprint density at radius 2 is 1.85 bits per heavy atom. The number of nitrogens with two attached hydrogens (primary N) is 5. The molecule has 0 aliphatic heterocycles. The van der Waals surface area contributed by atoms with Gasteiger partial charge in [0.1, 0.15) is 5.79 Å². The van der Waals surface area contributed by atoms with Crippen molar-refractivity contribution in [3.8, 4) is 0 Å². The van der Waals surface area contributed by atoms with Crippen LogP contribution in [0.3, 0.4) is 0 Å². The van der Waals surface area contributed by atoms with Crippen molar-refractivity contribution in [3.05, 3.63) is 0 Å². The minimum Gasteiger partial charge on any atom is -0.435 e. The molecular formula is C3H14N5O2Si3. The normalized spacial score (nSPS) is 13.4. The van der Waals surface area contributed by atoms with Crippen molar-refractivity contribution in [2.45, 2.75) is 18.3 Å². The lowest BCUT2D eigenvalue weighted by Crippen LogP contribution is -2.64. The summed E-state index contributed by atoms with van der Waals surface area (Å²) in [6, 6.07) is 0.374. The van der Waals surface area contributed by atoms with E-state index in [9.17, 15) is 0 Å². The molecule has 0 atom stereocenters. The van der Waals surface area contributed by atoms with E-state index >= 15 is 0 Å². The average Bonchev–Trinajstić information content (AvgIpc) is 1.97. The molecule has 0 aromatic heterocycles. The zero-order valence-electron chi connectivity index (χ0n) is 7.12. The first-order valence-corrected chi connectivity index (χ1v) is 6.96. The Kier molecular flexibility index (Phi) is 5.45. The lowest BCUT2D eigenvalue weighted by Gasteiger charge is -2.25. The molecule has 0 aliphatic carbocycles. The molecule has 13 heavy (non-hydrogen) atoms. The first kappa shape index (κ1) is 13.4. The van der Waals surface area contributed by atoms with E-state index in [1.807, 2.05) is 0 Å². The van der Waals surface area contributed by atoms with Crippen LogP contribution < -0.4 is 28.0 Å². The largest absolute Gasteiger partial charge is 0.435 e. The third kappa shape index (κ3) is 8.69. The maximum atomic E-state index is 5.64. The summed E-state index contributed by atoms with van der Waals surface area (Å²) < 4.78 is 9.56. The molecule has 0 aromatic rings. The number of hydrogen-bond donors (Lipinski definition) is 5. The third-order valence-electron chi connectivity index (χ3n) is 1.22. The maximum absolute atomic E-state index is 5.64. The Bertz CT molecular complexity index is 150. The van der Waals surface area contributed by atoms with Crippen LogP contribution in [0, 0.1) is 0 Å². The van der Waals surface area contributed by atoms with Crippen molar-refractivity contribution in [1.29, 1.82) is 0 Å². The molecular weight excluding hydrogens is 222 g/mol. The summed E-state index contributed by atoms with van der Waals surface area (Å²) in [5.41, 5.74) is 16.0.